The summed E-state index contributed by atoms with van der Waals surface area (Å²) >= 11 is 6.45. The third kappa shape index (κ3) is 5.56. The largest absolute Gasteiger partial charge is 0.351 e. The zero-order valence-electron chi connectivity index (χ0n) is 19.8. The number of hydrogen-bond acceptors (Lipinski definition) is 6. The minimum atomic E-state index is -0.212. The average molecular weight is 502 g/mol. The van der Waals surface area contributed by atoms with Crippen molar-refractivity contribution in [2.24, 2.45) is 0 Å². The van der Waals surface area contributed by atoms with Gasteiger partial charge in [-0.05, 0) is 55.5 Å². The van der Waals surface area contributed by atoms with E-state index < -0.39 is 0 Å². The van der Waals surface area contributed by atoms with Crippen molar-refractivity contribution in [2.75, 3.05) is 10.6 Å². The van der Waals surface area contributed by atoms with E-state index >= 15 is 0 Å². The molecule has 9 heteroatoms. The highest BCUT2D eigenvalue weighted by atomic mass is 35.5. The van der Waals surface area contributed by atoms with Gasteiger partial charge in [-0.25, -0.2) is 9.97 Å². The van der Waals surface area contributed by atoms with Crippen molar-refractivity contribution in [3.8, 4) is 11.4 Å². The van der Waals surface area contributed by atoms with E-state index in [0.29, 0.717) is 22.7 Å². The van der Waals surface area contributed by atoms with Crippen molar-refractivity contribution in [1.29, 1.82) is 0 Å². The molecule has 1 saturated carbocycles. The summed E-state index contributed by atoms with van der Waals surface area (Å²) in [5.74, 6) is 0.348. The summed E-state index contributed by atoms with van der Waals surface area (Å²) in [7, 11) is 0. The van der Waals surface area contributed by atoms with E-state index in [1.54, 1.807) is 6.20 Å². The van der Waals surface area contributed by atoms with E-state index in [4.69, 9.17) is 16.6 Å². The predicted octanol–water partition coefficient (Wildman–Crippen LogP) is 5.31. The summed E-state index contributed by atoms with van der Waals surface area (Å²) in [6.07, 6.45) is 7.17. The van der Waals surface area contributed by atoms with Crippen LogP contribution in [0.25, 0.3) is 22.3 Å². The van der Waals surface area contributed by atoms with Gasteiger partial charge in [-0.3, -0.25) is 9.89 Å². The Morgan fingerprint density at radius 2 is 1.92 bits per heavy atom. The molecule has 2 heterocycles. The lowest BCUT2D eigenvalue weighted by molar-refractivity contribution is -0.111. The van der Waals surface area contributed by atoms with Crippen LogP contribution in [0.3, 0.4) is 0 Å². The van der Waals surface area contributed by atoms with Gasteiger partial charge in [0.25, 0.3) is 0 Å². The lowest BCUT2D eigenvalue weighted by Crippen LogP contribution is -2.38. The zero-order chi connectivity index (χ0) is 24.9. The molecule has 1 fully saturated rings. The summed E-state index contributed by atoms with van der Waals surface area (Å²) < 4.78 is 0. The SMILES string of the molecule is C=CC(=O)Nc1ccc(CNC2CCC[C@@H](Nc3ncc(Cl)c(-c4n[nH]c5ccccc45)n3)C2)cc1. The molecule has 1 amide bonds. The quantitative estimate of drug-likeness (QED) is 0.244. The minimum Gasteiger partial charge on any atom is -0.351 e. The van der Waals surface area contributed by atoms with E-state index in [1.165, 1.54) is 11.6 Å². The third-order valence-electron chi connectivity index (χ3n) is 6.45. The second-order valence-corrected chi connectivity index (χ2v) is 9.39. The second-order valence-electron chi connectivity index (χ2n) is 8.98. The van der Waals surface area contributed by atoms with E-state index in [1.807, 2.05) is 48.5 Å². The van der Waals surface area contributed by atoms with Gasteiger partial charge in [0, 0.05) is 29.7 Å². The normalized spacial score (nSPS) is 17.6. The second kappa shape index (κ2) is 10.9. The molecular formula is C27H28ClN7O. The Balaban J connectivity index is 1.20. The van der Waals surface area contributed by atoms with Crippen molar-refractivity contribution in [1.82, 2.24) is 25.5 Å². The number of nitrogens with one attached hydrogen (secondary N) is 4. The van der Waals surface area contributed by atoms with Crippen molar-refractivity contribution in [3.63, 3.8) is 0 Å². The standard InChI is InChI=1S/C27H28ClN7O/c1-2-24(36)31-18-12-10-17(11-13-18)15-29-19-6-5-7-20(14-19)32-27-30-16-22(28)26(33-27)25-21-8-3-4-9-23(21)34-35-25/h2-4,8-13,16,19-20,29H,1,5-7,14-15H2,(H,31,36)(H,34,35)(H,30,32,33)/t19?,20-/m1/s1. The molecule has 5 rings (SSSR count). The Morgan fingerprint density at radius 1 is 1.11 bits per heavy atom. The Kier molecular flexibility index (Phi) is 7.25. The molecule has 184 valence electrons. The number of amides is 1. The molecule has 1 unspecified atom stereocenters. The number of nitrogens with zero attached hydrogens (tertiary/aromatic N) is 3. The van der Waals surface area contributed by atoms with Gasteiger partial charge in [-0.2, -0.15) is 5.10 Å². The van der Waals surface area contributed by atoms with Gasteiger partial charge < -0.3 is 16.0 Å². The number of anilines is 2. The maximum absolute atomic E-state index is 11.4. The highest BCUT2D eigenvalue weighted by molar-refractivity contribution is 6.33. The van der Waals surface area contributed by atoms with Crippen LogP contribution in [0.4, 0.5) is 11.6 Å². The fourth-order valence-corrected chi connectivity index (χ4v) is 4.78. The molecule has 1 aliphatic rings. The molecule has 8 nitrogen and oxygen atoms in total. The van der Waals surface area contributed by atoms with Gasteiger partial charge in [0.1, 0.15) is 11.4 Å². The van der Waals surface area contributed by atoms with E-state index in [9.17, 15) is 4.79 Å². The number of aromatic nitrogens is 4. The number of benzene rings is 2. The van der Waals surface area contributed by atoms with E-state index in [-0.39, 0.29) is 11.9 Å². The maximum Gasteiger partial charge on any atom is 0.247 e. The van der Waals surface area contributed by atoms with Gasteiger partial charge in [-0.1, -0.05) is 48.5 Å². The molecule has 2 aromatic carbocycles. The lowest BCUT2D eigenvalue weighted by atomic mass is 9.91. The molecule has 2 atom stereocenters. The van der Waals surface area contributed by atoms with Crippen LogP contribution >= 0.6 is 11.6 Å². The monoisotopic (exact) mass is 501 g/mol. The number of H-pyrrole nitrogens is 1. The van der Waals surface area contributed by atoms with Gasteiger partial charge in [-0.15, -0.1) is 0 Å². The number of carbonyl (C=O) groups is 1. The molecule has 4 aromatic rings. The number of para-hydroxylation sites is 1. The molecule has 36 heavy (non-hydrogen) atoms. The topological polar surface area (TPSA) is 108 Å². The third-order valence-corrected chi connectivity index (χ3v) is 6.72. The van der Waals surface area contributed by atoms with E-state index in [0.717, 1.165) is 54.5 Å². The molecule has 0 aliphatic heterocycles. The van der Waals surface area contributed by atoms with Gasteiger partial charge in [0.05, 0.1) is 16.7 Å². The smallest absolute Gasteiger partial charge is 0.247 e. The summed E-state index contributed by atoms with van der Waals surface area (Å²) in [5.41, 5.74) is 4.20. The average Bonchev–Trinajstić information content (AvgIpc) is 3.33. The molecule has 0 saturated heterocycles. The van der Waals surface area contributed by atoms with Crippen LogP contribution in [0.2, 0.25) is 5.02 Å². The van der Waals surface area contributed by atoms with E-state index in [2.05, 4.69) is 37.7 Å². The molecule has 1 aliphatic carbocycles. The summed E-state index contributed by atoms with van der Waals surface area (Å²) in [6, 6.07) is 16.4. The van der Waals surface area contributed by atoms with Crippen molar-refractivity contribution >= 4 is 40.0 Å². The lowest BCUT2D eigenvalue weighted by Gasteiger charge is -2.30. The summed E-state index contributed by atoms with van der Waals surface area (Å²) in [5, 5.41) is 18.9. The minimum absolute atomic E-state index is 0.212. The van der Waals surface area contributed by atoms with Crippen molar-refractivity contribution in [3.05, 3.63) is 78.0 Å². The number of carbonyl (C=O) groups excluding carboxylic acids is 1. The molecule has 0 radical (unpaired) electrons. The molecule has 0 spiro atoms. The number of fused-ring (bicyclic) bond motifs is 1. The highest BCUT2D eigenvalue weighted by Gasteiger charge is 2.23. The zero-order valence-corrected chi connectivity index (χ0v) is 20.6. The predicted molar refractivity (Wildman–Crippen MR) is 144 cm³/mol. The van der Waals surface area contributed by atoms with Gasteiger partial charge in [0.2, 0.25) is 11.9 Å². The fraction of sp³-hybridized carbons (Fsp3) is 0.259. The van der Waals surface area contributed by atoms with Crippen LogP contribution in [0.1, 0.15) is 31.2 Å². The Bertz CT molecular complexity index is 1370. The molecular weight excluding hydrogens is 474 g/mol. The number of rotatable bonds is 8. The van der Waals surface area contributed by atoms with Crippen LogP contribution in [-0.4, -0.2) is 38.2 Å². The Labute approximate surface area is 214 Å². The van der Waals surface area contributed by atoms with Crippen LogP contribution in [0.5, 0.6) is 0 Å². The summed E-state index contributed by atoms with van der Waals surface area (Å²) in [4.78, 5) is 20.6. The Morgan fingerprint density at radius 3 is 2.75 bits per heavy atom. The summed E-state index contributed by atoms with van der Waals surface area (Å²) in [6.45, 7) is 4.24. The first kappa shape index (κ1) is 24.0. The fourth-order valence-electron chi connectivity index (χ4n) is 4.60. The number of halogens is 1. The first-order chi connectivity index (χ1) is 17.6. The molecule has 4 N–H and O–H groups in total. The van der Waals surface area contributed by atoms with Gasteiger partial charge >= 0.3 is 0 Å². The van der Waals surface area contributed by atoms with Gasteiger partial charge in [0.15, 0.2) is 0 Å². The first-order valence-corrected chi connectivity index (χ1v) is 12.4. The van der Waals surface area contributed by atoms with Crippen LogP contribution in [0, 0.1) is 0 Å². The van der Waals surface area contributed by atoms with Crippen molar-refractivity contribution < 1.29 is 4.79 Å². The first-order valence-electron chi connectivity index (χ1n) is 12.1. The Hall–Kier alpha value is -3.75. The molecule has 0 bridgehead atoms. The van der Waals surface area contributed by atoms with Crippen molar-refractivity contribution in [2.45, 2.75) is 44.3 Å². The van der Waals surface area contributed by atoms with Crippen LogP contribution < -0.4 is 16.0 Å². The van der Waals surface area contributed by atoms with Crippen LogP contribution in [-0.2, 0) is 11.3 Å². The maximum atomic E-state index is 11.4. The molecule has 2 aromatic heterocycles. The van der Waals surface area contributed by atoms with Crippen LogP contribution in [0.15, 0.2) is 67.4 Å². The number of aromatic amines is 1. The number of hydrogen-bond donors (Lipinski definition) is 4. The highest BCUT2D eigenvalue weighted by Crippen LogP contribution is 2.31.